The van der Waals surface area contributed by atoms with Gasteiger partial charge >= 0.3 is 0 Å². The highest BCUT2D eigenvalue weighted by atomic mass is 15.2. The Hall–Kier alpha value is -1.06. The van der Waals surface area contributed by atoms with Gasteiger partial charge in [-0.05, 0) is 24.5 Å². The molecule has 1 heterocycles. The molecule has 0 aromatic heterocycles. The van der Waals surface area contributed by atoms with Gasteiger partial charge in [0, 0.05) is 45.0 Å². The molecule has 0 aliphatic carbocycles. The Morgan fingerprint density at radius 1 is 1.28 bits per heavy atom. The Kier molecular flexibility index (Phi) is 5.02. The Labute approximate surface area is 111 Å². The fraction of sp³-hybridized carbons (Fsp3) is 0.600. The monoisotopic (exact) mass is 247 g/mol. The van der Waals surface area contributed by atoms with Crippen molar-refractivity contribution in [2.24, 2.45) is 5.92 Å². The number of anilines is 1. The predicted octanol–water partition coefficient (Wildman–Crippen LogP) is 1.95. The van der Waals surface area contributed by atoms with Crippen LogP contribution in [0.1, 0.15) is 12.5 Å². The summed E-state index contributed by atoms with van der Waals surface area (Å²) in [7, 11) is 0. The molecule has 0 saturated carbocycles. The molecule has 1 aliphatic rings. The Balaban J connectivity index is 1.74. The average Bonchev–Trinajstić information content (AvgIpc) is 2.39. The number of para-hydroxylation sites is 1. The minimum absolute atomic E-state index is 0.683. The molecule has 1 atom stereocenters. The molecule has 1 aliphatic heterocycles. The van der Waals surface area contributed by atoms with Crippen LogP contribution in [0, 0.1) is 12.8 Å². The molecule has 1 aromatic carbocycles. The fourth-order valence-electron chi connectivity index (χ4n) is 2.45. The maximum absolute atomic E-state index is 3.56. The first-order valence-corrected chi connectivity index (χ1v) is 6.98. The molecule has 2 rings (SSSR count). The Morgan fingerprint density at radius 3 is 2.72 bits per heavy atom. The predicted molar refractivity (Wildman–Crippen MR) is 78.1 cm³/mol. The highest BCUT2D eigenvalue weighted by Gasteiger charge is 2.12. The lowest BCUT2D eigenvalue weighted by Crippen LogP contribution is -2.45. The van der Waals surface area contributed by atoms with E-state index < -0.39 is 0 Å². The first-order valence-electron chi connectivity index (χ1n) is 6.98. The second-order valence-electron chi connectivity index (χ2n) is 5.35. The van der Waals surface area contributed by atoms with E-state index in [1.54, 1.807) is 0 Å². The second kappa shape index (κ2) is 6.76. The number of piperazine rings is 1. The van der Waals surface area contributed by atoms with Crippen molar-refractivity contribution >= 4 is 5.69 Å². The summed E-state index contributed by atoms with van der Waals surface area (Å²) in [4.78, 5) is 2.56. The van der Waals surface area contributed by atoms with Crippen LogP contribution in [0.15, 0.2) is 24.3 Å². The standard InChI is InChI=1S/C15H25N3/c1-13(12-18-9-7-16-8-10-18)11-17-15-6-4-3-5-14(15)2/h3-6,13,16-17H,7-12H2,1-2H3. The van der Waals surface area contributed by atoms with E-state index in [0.29, 0.717) is 5.92 Å². The molecule has 1 unspecified atom stereocenters. The number of hydrogen-bond donors (Lipinski definition) is 2. The van der Waals surface area contributed by atoms with E-state index in [-0.39, 0.29) is 0 Å². The number of benzene rings is 1. The zero-order valence-corrected chi connectivity index (χ0v) is 11.6. The minimum atomic E-state index is 0.683. The van der Waals surface area contributed by atoms with Crippen molar-refractivity contribution in [3.05, 3.63) is 29.8 Å². The molecule has 3 nitrogen and oxygen atoms in total. The molecular weight excluding hydrogens is 222 g/mol. The van der Waals surface area contributed by atoms with E-state index in [2.05, 4.69) is 53.6 Å². The van der Waals surface area contributed by atoms with Gasteiger partial charge in [-0.2, -0.15) is 0 Å². The van der Waals surface area contributed by atoms with Crippen molar-refractivity contribution in [2.75, 3.05) is 44.6 Å². The van der Waals surface area contributed by atoms with Gasteiger partial charge in [-0.3, -0.25) is 0 Å². The lowest BCUT2D eigenvalue weighted by atomic mass is 10.1. The van der Waals surface area contributed by atoms with Crippen LogP contribution < -0.4 is 10.6 Å². The van der Waals surface area contributed by atoms with Crippen molar-refractivity contribution in [1.82, 2.24) is 10.2 Å². The molecule has 18 heavy (non-hydrogen) atoms. The van der Waals surface area contributed by atoms with Crippen LogP contribution in [0.4, 0.5) is 5.69 Å². The van der Waals surface area contributed by atoms with Crippen LogP contribution in [-0.2, 0) is 0 Å². The van der Waals surface area contributed by atoms with Crippen LogP contribution in [-0.4, -0.2) is 44.2 Å². The van der Waals surface area contributed by atoms with Gasteiger partial charge in [0.2, 0.25) is 0 Å². The van der Waals surface area contributed by atoms with Gasteiger partial charge in [0.25, 0.3) is 0 Å². The summed E-state index contributed by atoms with van der Waals surface area (Å²) >= 11 is 0. The number of nitrogens with zero attached hydrogens (tertiary/aromatic N) is 1. The summed E-state index contributed by atoms with van der Waals surface area (Å²) in [5.74, 6) is 0.683. The molecule has 1 fully saturated rings. The molecule has 1 aromatic rings. The van der Waals surface area contributed by atoms with Gasteiger partial charge < -0.3 is 15.5 Å². The van der Waals surface area contributed by atoms with E-state index in [1.165, 1.54) is 30.9 Å². The maximum atomic E-state index is 3.56. The molecule has 100 valence electrons. The normalized spacial score (nSPS) is 18.6. The summed E-state index contributed by atoms with van der Waals surface area (Å²) in [6.07, 6.45) is 0. The van der Waals surface area contributed by atoms with E-state index in [0.717, 1.165) is 19.6 Å². The van der Waals surface area contributed by atoms with Crippen molar-refractivity contribution < 1.29 is 0 Å². The highest BCUT2D eigenvalue weighted by molar-refractivity contribution is 5.50. The summed E-state index contributed by atoms with van der Waals surface area (Å²) in [6, 6.07) is 8.50. The summed E-state index contributed by atoms with van der Waals surface area (Å²) in [5, 5.41) is 6.96. The van der Waals surface area contributed by atoms with Crippen molar-refractivity contribution in [3.63, 3.8) is 0 Å². The molecule has 0 spiro atoms. The van der Waals surface area contributed by atoms with E-state index >= 15 is 0 Å². The lowest BCUT2D eigenvalue weighted by Gasteiger charge is -2.29. The van der Waals surface area contributed by atoms with E-state index in [4.69, 9.17) is 0 Å². The minimum Gasteiger partial charge on any atom is -0.385 e. The SMILES string of the molecule is Cc1ccccc1NCC(C)CN1CCNCC1. The van der Waals surface area contributed by atoms with E-state index in [9.17, 15) is 0 Å². The number of hydrogen-bond acceptors (Lipinski definition) is 3. The third-order valence-electron chi connectivity index (χ3n) is 3.57. The van der Waals surface area contributed by atoms with Gasteiger partial charge in [-0.15, -0.1) is 0 Å². The molecule has 2 N–H and O–H groups in total. The first-order chi connectivity index (χ1) is 8.75. The van der Waals surface area contributed by atoms with Crippen LogP contribution in [0.25, 0.3) is 0 Å². The maximum Gasteiger partial charge on any atom is 0.0369 e. The van der Waals surface area contributed by atoms with Gasteiger partial charge in [0.05, 0.1) is 0 Å². The third-order valence-corrected chi connectivity index (χ3v) is 3.57. The Morgan fingerprint density at radius 2 is 2.00 bits per heavy atom. The average molecular weight is 247 g/mol. The number of rotatable bonds is 5. The Bertz CT molecular complexity index is 359. The number of nitrogens with one attached hydrogen (secondary N) is 2. The molecule has 0 radical (unpaired) electrons. The van der Waals surface area contributed by atoms with Crippen molar-refractivity contribution in [3.8, 4) is 0 Å². The zero-order chi connectivity index (χ0) is 12.8. The third kappa shape index (κ3) is 4.00. The zero-order valence-electron chi connectivity index (χ0n) is 11.6. The molecule has 1 saturated heterocycles. The largest absolute Gasteiger partial charge is 0.385 e. The summed E-state index contributed by atoms with van der Waals surface area (Å²) in [6.45, 7) is 11.4. The summed E-state index contributed by atoms with van der Waals surface area (Å²) in [5.41, 5.74) is 2.59. The molecule has 0 amide bonds. The van der Waals surface area contributed by atoms with Crippen LogP contribution in [0.2, 0.25) is 0 Å². The summed E-state index contributed by atoms with van der Waals surface area (Å²) < 4.78 is 0. The molecule has 3 heteroatoms. The fourth-order valence-corrected chi connectivity index (χ4v) is 2.45. The smallest absolute Gasteiger partial charge is 0.0369 e. The van der Waals surface area contributed by atoms with Crippen molar-refractivity contribution in [2.45, 2.75) is 13.8 Å². The first kappa shape index (κ1) is 13.4. The second-order valence-corrected chi connectivity index (χ2v) is 5.35. The lowest BCUT2D eigenvalue weighted by molar-refractivity contribution is 0.215. The topological polar surface area (TPSA) is 27.3 Å². The van der Waals surface area contributed by atoms with Gasteiger partial charge in [0.1, 0.15) is 0 Å². The van der Waals surface area contributed by atoms with Crippen molar-refractivity contribution in [1.29, 1.82) is 0 Å². The van der Waals surface area contributed by atoms with E-state index in [1.807, 2.05) is 0 Å². The van der Waals surface area contributed by atoms with Crippen LogP contribution in [0.5, 0.6) is 0 Å². The number of aryl methyl sites for hydroxylation is 1. The molecule has 0 bridgehead atoms. The molecular formula is C15H25N3. The quantitative estimate of drug-likeness (QED) is 0.833. The van der Waals surface area contributed by atoms with Gasteiger partial charge in [-0.25, -0.2) is 0 Å². The van der Waals surface area contributed by atoms with Crippen LogP contribution in [0.3, 0.4) is 0 Å². The highest BCUT2D eigenvalue weighted by Crippen LogP contribution is 2.14. The van der Waals surface area contributed by atoms with Gasteiger partial charge in [0.15, 0.2) is 0 Å². The van der Waals surface area contributed by atoms with Gasteiger partial charge in [-0.1, -0.05) is 25.1 Å². The van der Waals surface area contributed by atoms with Crippen LogP contribution >= 0.6 is 0 Å².